The molecule has 0 heterocycles. The van der Waals surface area contributed by atoms with Gasteiger partial charge in [-0.2, -0.15) is 0 Å². The first-order valence-electron chi connectivity index (χ1n) is 13.8. The molecule has 1 aromatic rings. The highest BCUT2D eigenvalue weighted by molar-refractivity contribution is 5.81. The van der Waals surface area contributed by atoms with Gasteiger partial charge < -0.3 is 20.3 Å². The number of amides is 2. The molecule has 1 saturated carbocycles. The summed E-state index contributed by atoms with van der Waals surface area (Å²) in [5.74, 6) is 1.25. The molecule has 0 saturated heterocycles. The Morgan fingerprint density at radius 1 is 1.03 bits per heavy atom. The second kappa shape index (κ2) is 15.6. The van der Waals surface area contributed by atoms with Crippen LogP contribution >= 0.6 is 0 Å². The number of unbranched alkanes of at least 4 members (excludes halogenated alkanes) is 3. The maximum Gasteiger partial charge on any atom is 0.330 e. The maximum atomic E-state index is 11.9. The number of carbonyl (C=O) groups excluding carboxylic acids is 3. The van der Waals surface area contributed by atoms with Crippen LogP contribution in [0, 0.1) is 5.92 Å². The third kappa shape index (κ3) is 9.57. The average molecular weight is 508 g/mol. The molecule has 0 bridgehead atoms. The number of nitrogens with one attached hydrogen (secondary N) is 2. The van der Waals surface area contributed by atoms with Gasteiger partial charge in [0.1, 0.15) is 12.3 Å². The topological polar surface area (TPSA) is 87.7 Å². The lowest BCUT2D eigenvalue weighted by atomic mass is 9.65. The Morgan fingerprint density at radius 3 is 2.42 bits per heavy atom. The fourth-order valence-electron chi connectivity index (χ4n) is 5.45. The third-order valence-corrected chi connectivity index (χ3v) is 7.44. The molecule has 3 atom stereocenters. The van der Waals surface area contributed by atoms with Gasteiger partial charge in [0.25, 0.3) is 0 Å². The van der Waals surface area contributed by atoms with Crippen LogP contribution in [-0.4, -0.2) is 55.4 Å². The van der Waals surface area contributed by atoms with E-state index in [0.29, 0.717) is 23.6 Å². The van der Waals surface area contributed by atoms with E-state index in [1.807, 2.05) is 6.07 Å². The van der Waals surface area contributed by atoms with Gasteiger partial charge in [0.2, 0.25) is 11.8 Å². The van der Waals surface area contributed by atoms with Crippen molar-refractivity contribution >= 4 is 17.8 Å². The maximum absolute atomic E-state index is 11.9. The van der Waals surface area contributed by atoms with Crippen molar-refractivity contribution in [1.82, 2.24) is 15.5 Å². The van der Waals surface area contributed by atoms with Crippen LogP contribution < -0.4 is 15.4 Å². The van der Waals surface area contributed by atoms with Crippen LogP contribution in [0.5, 0.6) is 5.75 Å². The van der Waals surface area contributed by atoms with E-state index in [4.69, 9.17) is 4.74 Å². The molecule has 2 unspecified atom stereocenters. The van der Waals surface area contributed by atoms with Crippen LogP contribution in [0.1, 0.15) is 100 Å². The Kier molecular flexibility index (Phi) is 13.0. The molecule has 0 aliphatic heterocycles. The minimum absolute atomic E-state index is 0. The summed E-state index contributed by atoms with van der Waals surface area (Å²) in [5.41, 5.74) is 2.75. The van der Waals surface area contributed by atoms with E-state index >= 15 is 0 Å². The van der Waals surface area contributed by atoms with Gasteiger partial charge in [-0.15, -0.1) is 0 Å². The molecule has 2 aliphatic rings. The molecule has 2 aliphatic carbocycles. The SMILES string of the molecule is CCCCCCNC(C)=O.CCN(C)[C@H]1Cc2ccc(OC(=O)CNC(C)=O)cc2C2CCCCC21.[HH].[HH].[HH]. The number of nitrogens with zero attached hydrogens (tertiary/aromatic N) is 1. The summed E-state index contributed by atoms with van der Waals surface area (Å²) in [7, 11) is 2.24. The Bertz CT molecular complexity index is 872. The van der Waals surface area contributed by atoms with E-state index in [9.17, 15) is 14.4 Å². The van der Waals surface area contributed by atoms with E-state index in [1.165, 1.54) is 63.0 Å². The summed E-state index contributed by atoms with van der Waals surface area (Å²) in [6.07, 6.45) is 11.0. The van der Waals surface area contributed by atoms with Crippen molar-refractivity contribution in [3.63, 3.8) is 0 Å². The molecule has 7 heteroatoms. The predicted octanol–water partition coefficient (Wildman–Crippen LogP) is 5.32. The zero-order chi connectivity index (χ0) is 26.5. The standard InChI is InChI=1S/C21H30N2O3.C8H17NO.3H2/c1-4-23(3)20-11-15-9-10-16(26-21(25)13-22-14(2)24)12-19(15)17-7-5-6-8-18(17)20;1-3-4-5-6-7-9-8(2)10;;;/h9-10,12,17-18,20H,4-8,11,13H2,1-3H3,(H,22,24);3-7H2,1-2H3,(H,9,10);3*1H/t17?,18?,20-;;;;/m0..../s1. The smallest absolute Gasteiger partial charge is 0.330 e. The number of esters is 1. The van der Waals surface area contributed by atoms with E-state index in [2.05, 4.69) is 48.6 Å². The van der Waals surface area contributed by atoms with Crippen molar-refractivity contribution in [1.29, 1.82) is 0 Å². The van der Waals surface area contributed by atoms with Gasteiger partial charge in [-0.05, 0) is 74.4 Å². The second-order valence-electron chi connectivity index (χ2n) is 10.2. The van der Waals surface area contributed by atoms with E-state index < -0.39 is 5.97 Å². The molecule has 36 heavy (non-hydrogen) atoms. The molecule has 0 aromatic heterocycles. The first-order valence-corrected chi connectivity index (χ1v) is 13.8. The van der Waals surface area contributed by atoms with Crippen molar-refractivity contribution in [2.75, 3.05) is 26.7 Å². The van der Waals surface area contributed by atoms with Gasteiger partial charge in [0, 0.05) is 30.7 Å². The highest BCUT2D eigenvalue weighted by Gasteiger charge is 2.39. The Balaban J connectivity index is 0. The zero-order valence-corrected chi connectivity index (χ0v) is 23.0. The number of hydrogen-bond donors (Lipinski definition) is 2. The number of hydrogen-bond acceptors (Lipinski definition) is 5. The highest BCUT2D eigenvalue weighted by Crippen LogP contribution is 2.47. The van der Waals surface area contributed by atoms with Gasteiger partial charge in [-0.1, -0.05) is 52.0 Å². The van der Waals surface area contributed by atoms with Crippen LogP contribution in [0.2, 0.25) is 0 Å². The van der Waals surface area contributed by atoms with Crippen molar-refractivity contribution in [2.45, 2.75) is 97.4 Å². The summed E-state index contributed by atoms with van der Waals surface area (Å²) < 4.78 is 5.44. The van der Waals surface area contributed by atoms with Crippen LogP contribution in [0.3, 0.4) is 0 Å². The van der Waals surface area contributed by atoms with E-state index in [0.717, 1.165) is 25.9 Å². The van der Waals surface area contributed by atoms with Gasteiger partial charge in [-0.3, -0.25) is 9.59 Å². The Labute approximate surface area is 222 Å². The third-order valence-electron chi connectivity index (χ3n) is 7.44. The summed E-state index contributed by atoms with van der Waals surface area (Å²) in [6.45, 7) is 9.17. The summed E-state index contributed by atoms with van der Waals surface area (Å²) in [6, 6.07) is 6.67. The normalized spacial score (nSPS) is 20.3. The fourth-order valence-corrected chi connectivity index (χ4v) is 5.45. The van der Waals surface area contributed by atoms with Crippen molar-refractivity contribution < 1.29 is 23.4 Å². The lowest BCUT2D eigenvalue weighted by Crippen LogP contribution is -2.46. The number of benzene rings is 1. The largest absolute Gasteiger partial charge is 0.425 e. The minimum atomic E-state index is -0.431. The average Bonchev–Trinajstić information content (AvgIpc) is 2.86. The number of carbonyl (C=O) groups is 3. The van der Waals surface area contributed by atoms with Crippen LogP contribution in [-0.2, 0) is 20.8 Å². The van der Waals surface area contributed by atoms with Gasteiger partial charge in [-0.25, -0.2) is 4.79 Å². The number of fused-ring (bicyclic) bond motifs is 3. The van der Waals surface area contributed by atoms with Crippen LogP contribution in [0.25, 0.3) is 0 Å². The highest BCUT2D eigenvalue weighted by atomic mass is 16.5. The molecule has 3 rings (SSSR count). The van der Waals surface area contributed by atoms with Gasteiger partial charge in [0.05, 0.1) is 0 Å². The van der Waals surface area contributed by atoms with E-state index in [1.54, 1.807) is 6.92 Å². The molecule has 2 N–H and O–H groups in total. The fraction of sp³-hybridized carbons (Fsp3) is 0.690. The summed E-state index contributed by atoms with van der Waals surface area (Å²) in [5, 5.41) is 5.24. The van der Waals surface area contributed by atoms with Crippen molar-refractivity contribution in [2.24, 2.45) is 5.92 Å². The quantitative estimate of drug-likeness (QED) is 0.254. The molecule has 0 radical (unpaired) electrons. The molecule has 0 spiro atoms. The minimum Gasteiger partial charge on any atom is -0.425 e. The lowest BCUT2D eigenvalue weighted by Gasteiger charge is -2.46. The molecule has 208 valence electrons. The molecule has 1 fully saturated rings. The first-order chi connectivity index (χ1) is 17.3. The summed E-state index contributed by atoms with van der Waals surface area (Å²) in [4.78, 5) is 35.7. The van der Waals surface area contributed by atoms with Crippen molar-refractivity contribution in [3.05, 3.63) is 29.3 Å². The predicted molar refractivity (Wildman–Crippen MR) is 150 cm³/mol. The molecule has 1 aromatic carbocycles. The first kappa shape index (κ1) is 29.8. The summed E-state index contributed by atoms with van der Waals surface area (Å²) >= 11 is 0. The van der Waals surface area contributed by atoms with Gasteiger partial charge in [0.15, 0.2) is 0 Å². The molecule has 7 nitrogen and oxygen atoms in total. The Morgan fingerprint density at radius 2 is 1.75 bits per heavy atom. The lowest BCUT2D eigenvalue weighted by molar-refractivity contribution is -0.135. The monoisotopic (exact) mass is 507 g/mol. The van der Waals surface area contributed by atoms with Gasteiger partial charge >= 0.3 is 5.97 Å². The van der Waals surface area contributed by atoms with Crippen LogP contribution in [0.4, 0.5) is 0 Å². The number of ether oxygens (including phenoxy) is 1. The molecular formula is C29H53N3O4. The molecule has 2 amide bonds. The van der Waals surface area contributed by atoms with Crippen LogP contribution in [0.15, 0.2) is 18.2 Å². The number of likely N-dealkylation sites (N-methyl/N-ethyl adjacent to an activating group) is 1. The second-order valence-corrected chi connectivity index (χ2v) is 10.2. The number of rotatable bonds is 10. The van der Waals surface area contributed by atoms with E-state index in [-0.39, 0.29) is 22.6 Å². The zero-order valence-electron chi connectivity index (χ0n) is 23.0. The Hall–Kier alpha value is -2.41. The van der Waals surface area contributed by atoms with Crippen molar-refractivity contribution in [3.8, 4) is 5.75 Å². The molecular weight excluding hydrogens is 454 g/mol.